The zero-order valence-corrected chi connectivity index (χ0v) is 33.8. The van der Waals surface area contributed by atoms with Gasteiger partial charge in [-0.3, -0.25) is 34.3 Å². The molecule has 15 heteroatoms. The summed E-state index contributed by atoms with van der Waals surface area (Å²) in [5.41, 5.74) is 7.96. The van der Waals surface area contributed by atoms with Crippen molar-refractivity contribution in [2.24, 2.45) is 0 Å². The number of piperidine rings is 1. The largest absolute Gasteiger partial charge is 0.395 e. The zero-order chi connectivity index (χ0) is 41.6. The highest BCUT2D eigenvalue weighted by molar-refractivity contribution is 6.25. The molecule has 0 saturated carbocycles. The fourth-order valence-electron chi connectivity index (χ4n) is 8.23. The van der Waals surface area contributed by atoms with Crippen molar-refractivity contribution in [3.63, 3.8) is 0 Å². The van der Waals surface area contributed by atoms with Crippen molar-refractivity contribution in [2.45, 2.75) is 38.6 Å². The monoisotopic (exact) mass is 814 g/mol. The summed E-state index contributed by atoms with van der Waals surface area (Å²) in [6.45, 7) is 8.50. The first kappa shape index (κ1) is 40.8. The van der Waals surface area contributed by atoms with Crippen LogP contribution in [0.4, 0.5) is 11.5 Å². The molecule has 8 rings (SSSR count). The van der Waals surface area contributed by atoms with Gasteiger partial charge >= 0.3 is 0 Å². The SMILES string of the molecule is Cc1nn2c(N3CCN(CCO)CC3)cc(-c3ccc(CCCOCCOCCNc4cccc5c4C(=O)N(C4CCC(=O)NC4=O)C5=O)cc3)nc2c1-c1ccccc1. The molecule has 0 aliphatic carbocycles. The number of nitrogens with one attached hydrogen (secondary N) is 2. The minimum atomic E-state index is -1.01. The van der Waals surface area contributed by atoms with E-state index in [0.29, 0.717) is 45.2 Å². The molecule has 3 N–H and O–H groups in total. The number of imide groups is 2. The lowest BCUT2D eigenvalue weighted by Crippen LogP contribution is -2.54. The lowest BCUT2D eigenvalue weighted by molar-refractivity contribution is -0.136. The van der Waals surface area contributed by atoms with Crippen molar-refractivity contribution >= 4 is 40.8 Å². The molecule has 1 unspecified atom stereocenters. The van der Waals surface area contributed by atoms with E-state index in [-0.39, 0.29) is 30.6 Å². The van der Waals surface area contributed by atoms with Gasteiger partial charge in [-0.1, -0.05) is 60.7 Å². The molecule has 3 aliphatic heterocycles. The number of aliphatic hydroxyl groups is 1. The van der Waals surface area contributed by atoms with Gasteiger partial charge in [-0.15, -0.1) is 0 Å². The molecule has 0 radical (unpaired) electrons. The number of carbonyl (C=O) groups is 4. The Morgan fingerprint density at radius 3 is 2.35 bits per heavy atom. The molecule has 1 atom stereocenters. The van der Waals surface area contributed by atoms with Crippen LogP contribution >= 0.6 is 0 Å². The Bertz CT molecular complexity index is 2360. The number of hydrogen-bond donors (Lipinski definition) is 3. The number of piperazine rings is 1. The van der Waals surface area contributed by atoms with Gasteiger partial charge in [0.1, 0.15) is 11.9 Å². The number of aryl methyl sites for hydroxylation is 2. The van der Waals surface area contributed by atoms with Crippen LogP contribution in [-0.4, -0.2) is 131 Å². The average Bonchev–Trinajstić information content (AvgIpc) is 3.73. The fourth-order valence-corrected chi connectivity index (χ4v) is 8.23. The van der Waals surface area contributed by atoms with E-state index >= 15 is 0 Å². The van der Waals surface area contributed by atoms with Crippen LogP contribution in [0, 0.1) is 6.92 Å². The number of aromatic nitrogens is 3. The molecule has 5 aromatic rings. The Kier molecular flexibility index (Phi) is 12.6. The van der Waals surface area contributed by atoms with Gasteiger partial charge in [0.25, 0.3) is 11.8 Å². The standard InChI is InChI=1S/C45H50N8O7/c1-30-40(33-8-3-2-4-9-33)42-47-36(29-39(53(42)49-30)51-21-19-50(20-22-51)23-24-54)32-14-12-31(13-15-32)7-6-25-59-27-28-60-26-18-46-35-11-5-10-34-41(35)45(58)52(44(34)57)37-16-17-38(55)48-43(37)56/h2-5,8-15,29,37,46,54H,6-7,16-28H2,1H3,(H,48,55,56). The van der Waals surface area contributed by atoms with Gasteiger partial charge in [0.2, 0.25) is 11.8 Å². The maximum atomic E-state index is 13.3. The number of amides is 4. The number of β-amino-alcohol motifs (C(OH)–C–C–N with tert-alkyl or cyclic N) is 1. The molecule has 0 bridgehead atoms. The first-order chi connectivity index (χ1) is 29.3. The summed E-state index contributed by atoms with van der Waals surface area (Å²) >= 11 is 0. The van der Waals surface area contributed by atoms with Crippen molar-refractivity contribution in [2.75, 3.05) is 82.5 Å². The fraction of sp³-hybridized carbons (Fsp3) is 0.378. The van der Waals surface area contributed by atoms with Crippen LogP contribution < -0.4 is 15.5 Å². The van der Waals surface area contributed by atoms with Gasteiger partial charge in [0, 0.05) is 75.2 Å². The summed E-state index contributed by atoms with van der Waals surface area (Å²) in [6, 6.07) is 25.0. The summed E-state index contributed by atoms with van der Waals surface area (Å²) < 4.78 is 13.6. The van der Waals surface area contributed by atoms with Gasteiger partial charge in [-0.2, -0.15) is 9.61 Å². The lowest BCUT2D eigenvalue weighted by Gasteiger charge is -2.35. The average molecular weight is 815 g/mol. The van der Waals surface area contributed by atoms with Crippen molar-refractivity contribution < 1.29 is 33.8 Å². The number of rotatable bonds is 17. The summed E-state index contributed by atoms with van der Waals surface area (Å²) in [5.74, 6) is -1.12. The third kappa shape index (κ3) is 8.66. The van der Waals surface area contributed by atoms with E-state index in [1.807, 2.05) is 29.6 Å². The van der Waals surface area contributed by atoms with E-state index in [0.717, 1.165) is 83.5 Å². The second kappa shape index (κ2) is 18.5. The summed E-state index contributed by atoms with van der Waals surface area (Å²) in [7, 11) is 0. The third-order valence-corrected chi connectivity index (χ3v) is 11.3. The number of aliphatic hydroxyl groups excluding tert-OH is 1. The van der Waals surface area contributed by atoms with Crippen LogP contribution in [0.25, 0.3) is 28.0 Å². The van der Waals surface area contributed by atoms with Crippen LogP contribution in [0.2, 0.25) is 0 Å². The molecule has 0 spiro atoms. The smallest absolute Gasteiger partial charge is 0.264 e. The van der Waals surface area contributed by atoms with Crippen LogP contribution in [0.3, 0.4) is 0 Å². The highest BCUT2D eigenvalue weighted by atomic mass is 16.5. The van der Waals surface area contributed by atoms with Crippen molar-refractivity contribution in [1.82, 2.24) is 29.7 Å². The molecular formula is C45H50N8O7. The van der Waals surface area contributed by atoms with Gasteiger partial charge < -0.3 is 24.8 Å². The quantitative estimate of drug-likeness (QED) is 0.0914. The van der Waals surface area contributed by atoms with Crippen LogP contribution in [0.15, 0.2) is 78.9 Å². The molecule has 2 fully saturated rings. The lowest BCUT2D eigenvalue weighted by atomic mass is 10.0. The first-order valence-electron chi connectivity index (χ1n) is 20.7. The third-order valence-electron chi connectivity index (χ3n) is 11.3. The molecule has 5 heterocycles. The van der Waals surface area contributed by atoms with Gasteiger partial charge in [-0.05, 0) is 49.4 Å². The summed E-state index contributed by atoms with van der Waals surface area (Å²) in [5, 5.41) is 19.8. The topological polar surface area (TPSA) is 171 Å². The Hall–Kier alpha value is -6.00. The van der Waals surface area contributed by atoms with Crippen LogP contribution in [-0.2, 0) is 25.5 Å². The Balaban J connectivity index is 0.805. The van der Waals surface area contributed by atoms with Crippen molar-refractivity contribution in [3.05, 3.63) is 101 Å². The van der Waals surface area contributed by atoms with Crippen LogP contribution in [0.5, 0.6) is 0 Å². The summed E-state index contributed by atoms with van der Waals surface area (Å²) in [4.78, 5) is 61.2. The van der Waals surface area contributed by atoms with E-state index in [4.69, 9.17) is 19.6 Å². The van der Waals surface area contributed by atoms with E-state index < -0.39 is 29.7 Å². The molecule has 4 amide bonds. The van der Waals surface area contributed by atoms with E-state index in [9.17, 15) is 24.3 Å². The maximum absolute atomic E-state index is 13.3. The Morgan fingerprint density at radius 2 is 1.60 bits per heavy atom. The minimum Gasteiger partial charge on any atom is -0.395 e. The Morgan fingerprint density at radius 1 is 0.833 bits per heavy atom. The van der Waals surface area contributed by atoms with E-state index in [2.05, 4.69) is 62.9 Å². The van der Waals surface area contributed by atoms with E-state index in [1.54, 1.807) is 18.2 Å². The predicted molar refractivity (Wildman–Crippen MR) is 226 cm³/mol. The zero-order valence-electron chi connectivity index (χ0n) is 33.8. The molecule has 312 valence electrons. The maximum Gasteiger partial charge on any atom is 0.264 e. The Labute approximate surface area is 348 Å². The predicted octanol–water partition coefficient (Wildman–Crippen LogP) is 3.97. The number of nitrogens with zero attached hydrogens (tertiary/aromatic N) is 6. The second-order valence-electron chi connectivity index (χ2n) is 15.2. The van der Waals surface area contributed by atoms with Crippen molar-refractivity contribution in [3.8, 4) is 22.4 Å². The molecule has 60 heavy (non-hydrogen) atoms. The number of fused-ring (bicyclic) bond motifs is 2. The van der Waals surface area contributed by atoms with Crippen molar-refractivity contribution in [1.29, 1.82) is 0 Å². The van der Waals surface area contributed by atoms with Gasteiger partial charge in [-0.25, -0.2) is 4.98 Å². The molecule has 3 aromatic carbocycles. The highest BCUT2D eigenvalue weighted by Gasteiger charge is 2.45. The van der Waals surface area contributed by atoms with Gasteiger partial charge in [0.05, 0.1) is 48.9 Å². The number of anilines is 2. The minimum absolute atomic E-state index is 0.0685. The van der Waals surface area contributed by atoms with Gasteiger partial charge in [0.15, 0.2) is 5.65 Å². The molecule has 15 nitrogen and oxygen atoms in total. The number of hydrogen-bond acceptors (Lipinski definition) is 12. The number of ether oxygens (including phenoxy) is 2. The second-order valence-corrected chi connectivity index (χ2v) is 15.2. The molecule has 2 saturated heterocycles. The number of carbonyl (C=O) groups excluding carboxylic acids is 4. The first-order valence-corrected chi connectivity index (χ1v) is 20.7. The van der Waals surface area contributed by atoms with E-state index in [1.165, 1.54) is 5.56 Å². The van der Waals surface area contributed by atoms with Crippen LogP contribution in [0.1, 0.15) is 51.2 Å². The highest BCUT2D eigenvalue weighted by Crippen LogP contribution is 2.34. The molecular weight excluding hydrogens is 765 g/mol. The normalized spacial score (nSPS) is 17.1. The molecule has 3 aliphatic rings. The number of benzene rings is 3. The molecule has 2 aromatic heterocycles. The summed E-state index contributed by atoms with van der Waals surface area (Å²) in [6.07, 6.45) is 1.90.